The van der Waals surface area contributed by atoms with Crippen LogP contribution < -0.4 is 9.47 Å². The van der Waals surface area contributed by atoms with Crippen molar-refractivity contribution in [2.45, 2.75) is 16.7 Å². The maximum absolute atomic E-state index is 12.8. The van der Waals surface area contributed by atoms with Crippen LogP contribution in [0, 0.1) is 6.92 Å². The Morgan fingerprint density at radius 1 is 0.621 bits per heavy atom. The van der Waals surface area contributed by atoms with E-state index in [1.165, 1.54) is 0 Å². The number of ether oxygens (including phenoxy) is 2. The molecule has 0 N–H and O–H groups in total. The number of fused-ring (bicyclic) bond motifs is 1. The lowest BCUT2D eigenvalue weighted by molar-refractivity contribution is 0.415. The molecule has 4 rings (SSSR count). The number of methoxy groups -OCH3 is 1. The summed E-state index contributed by atoms with van der Waals surface area (Å²) in [6, 6.07) is 24.9. The zero-order valence-corrected chi connectivity index (χ0v) is 16.9. The van der Waals surface area contributed by atoms with Crippen LogP contribution in [0.5, 0.6) is 17.2 Å². The van der Waals surface area contributed by atoms with Gasteiger partial charge in [0.1, 0.15) is 17.2 Å². The first kappa shape index (κ1) is 19.0. The Balaban J connectivity index is 1.58. The Hall–Kier alpha value is -3.31. The van der Waals surface area contributed by atoms with Crippen LogP contribution in [0.2, 0.25) is 0 Å². The first-order chi connectivity index (χ1) is 14.0. The zero-order chi connectivity index (χ0) is 20.4. The van der Waals surface area contributed by atoms with Crippen molar-refractivity contribution in [3.63, 3.8) is 0 Å². The summed E-state index contributed by atoms with van der Waals surface area (Å²) in [6.07, 6.45) is 0. The number of rotatable bonds is 5. The van der Waals surface area contributed by atoms with Crippen molar-refractivity contribution in [1.82, 2.24) is 0 Å². The van der Waals surface area contributed by atoms with Crippen molar-refractivity contribution in [3.05, 3.63) is 90.5 Å². The number of sulfone groups is 1. The van der Waals surface area contributed by atoms with E-state index in [2.05, 4.69) is 0 Å². The van der Waals surface area contributed by atoms with Crippen molar-refractivity contribution >= 4 is 20.6 Å². The van der Waals surface area contributed by atoms with E-state index in [-0.39, 0.29) is 9.79 Å². The lowest BCUT2D eigenvalue weighted by Gasteiger charge is -2.09. The molecule has 0 radical (unpaired) electrons. The van der Waals surface area contributed by atoms with E-state index in [9.17, 15) is 8.42 Å². The van der Waals surface area contributed by atoms with E-state index >= 15 is 0 Å². The van der Waals surface area contributed by atoms with E-state index < -0.39 is 9.84 Å². The largest absolute Gasteiger partial charge is 0.497 e. The molecular weight excluding hydrogens is 384 g/mol. The minimum atomic E-state index is -3.55. The molecule has 5 heteroatoms. The predicted octanol–water partition coefficient (Wildman–Crippen LogP) is 5.78. The molecule has 0 heterocycles. The quantitative estimate of drug-likeness (QED) is 0.423. The summed E-state index contributed by atoms with van der Waals surface area (Å²) < 4.78 is 36.7. The smallest absolute Gasteiger partial charge is 0.206 e. The van der Waals surface area contributed by atoms with Crippen LogP contribution in [0.4, 0.5) is 0 Å². The van der Waals surface area contributed by atoms with Gasteiger partial charge in [-0.2, -0.15) is 0 Å². The summed E-state index contributed by atoms with van der Waals surface area (Å²) in [5, 5.41) is 2.08. The van der Waals surface area contributed by atoms with Gasteiger partial charge < -0.3 is 9.47 Å². The molecule has 4 nitrogen and oxygen atoms in total. The number of benzene rings is 4. The highest BCUT2D eigenvalue weighted by molar-refractivity contribution is 7.91. The summed E-state index contributed by atoms with van der Waals surface area (Å²) >= 11 is 0. The third-order valence-corrected chi connectivity index (χ3v) is 6.51. The monoisotopic (exact) mass is 404 g/mol. The fourth-order valence-electron chi connectivity index (χ4n) is 3.07. The highest BCUT2D eigenvalue weighted by Gasteiger charge is 2.17. The maximum Gasteiger partial charge on any atom is 0.206 e. The molecule has 29 heavy (non-hydrogen) atoms. The minimum absolute atomic E-state index is 0.233. The average molecular weight is 404 g/mol. The summed E-state index contributed by atoms with van der Waals surface area (Å²) in [5.41, 5.74) is 1.01. The topological polar surface area (TPSA) is 52.6 Å². The normalized spacial score (nSPS) is 11.4. The molecule has 0 aliphatic heterocycles. The summed E-state index contributed by atoms with van der Waals surface area (Å²) in [5.74, 6) is 2.01. The molecule has 0 aliphatic rings. The second-order valence-corrected chi connectivity index (χ2v) is 8.71. The van der Waals surface area contributed by atoms with Crippen molar-refractivity contribution in [3.8, 4) is 17.2 Å². The van der Waals surface area contributed by atoms with Crippen LogP contribution >= 0.6 is 0 Å². The molecule has 0 aliphatic carbocycles. The molecule has 0 atom stereocenters. The summed E-state index contributed by atoms with van der Waals surface area (Å²) in [6.45, 7) is 1.92. The van der Waals surface area contributed by atoms with Crippen LogP contribution in [-0.4, -0.2) is 15.5 Å². The van der Waals surface area contributed by atoms with Crippen LogP contribution in [-0.2, 0) is 9.84 Å². The van der Waals surface area contributed by atoms with Gasteiger partial charge in [0.05, 0.1) is 16.9 Å². The Kier molecular flexibility index (Phi) is 4.99. The first-order valence-corrected chi connectivity index (χ1v) is 10.6. The molecule has 0 aromatic heterocycles. The van der Waals surface area contributed by atoms with Crippen molar-refractivity contribution in [2.24, 2.45) is 0 Å². The van der Waals surface area contributed by atoms with Gasteiger partial charge in [-0.25, -0.2) is 8.42 Å². The van der Waals surface area contributed by atoms with E-state index in [1.807, 2.05) is 43.3 Å². The molecule has 146 valence electrons. The van der Waals surface area contributed by atoms with Gasteiger partial charge in [-0.1, -0.05) is 29.8 Å². The maximum atomic E-state index is 12.8. The van der Waals surface area contributed by atoms with Crippen LogP contribution in [0.25, 0.3) is 10.8 Å². The Morgan fingerprint density at radius 3 is 1.76 bits per heavy atom. The van der Waals surface area contributed by atoms with Crippen LogP contribution in [0.1, 0.15) is 5.56 Å². The highest BCUT2D eigenvalue weighted by Crippen LogP contribution is 2.29. The molecular formula is C24H20O4S. The third kappa shape index (κ3) is 3.96. The van der Waals surface area contributed by atoms with E-state index in [0.717, 1.165) is 22.1 Å². The van der Waals surface area contributed by atoms with Gasteiger partial charge >= 0.3 is 0 Å². The summed E-state index contributed by atoms with van der Waals surface area (Å²) in [4.78, 5) is 0.511. The molecule has 4 aromatic carbocycles. The molecule has 0 amide bonds. The van der Waals surface area contributed by atoms with Crippen LogP contribution in [0.3, 0.4) is 0 Å². The van der Waals surface area contributed by atoms with Crippen molar-refractivity contribution in [1.29, 1.82) is 0 Å². The first-order valence-electron chi connectivity index (χ1n) is 9.13. The molecule has 0 fully saturated rings. The van der Waals surface area contributed by atoms with Gasteiger partial charge in [0, 0.05) is 0 Å². The predicted molar refractivity (Wildman–Crippen MR) is 114 cm³/mol. The second-order valence-electron chi connectivity index (χ2n) is 6.76. The van der Waals surface area contributed by atoms with Crippen LogP contribution in [0.15, 0.2) is 94.7 Å². The Morgan fingerprint density at radius 2 is 1.14 bits per heavy atom. The van der Waals surface area contributed by atoms with E-state index in [4.69, 9.17) is 9.47 Å². The fourth-order valence-corrected chi connectivity index (χ4v) is 4.33. The second kappa shape index (κ2) is 7.60. The molecule has 0 spiro atoms. The SMILES string of the molecule is COc1ccc2ccc(Oc3ccc(S(=O)(=O)c4ccc(C)cc4)cc3)cc2c1. The zero-order valence-electron chi connectivity index (χ0n) is 16.1. The molecule has 0 saturated heterocycles. The third-order valence-electron chi connectivity index (χ3n) is 4.72. The fraction of sp³-hybridized carbons (Fsp3) is 0.0833. The molecule has 0 bridgehead atoms. The van der Waals surface area contributed by atoms with Gasteiger partial charge in [0.2, 0.25) is 9.84 Å². The van der Waals surface area contributed by atoms with E-state index in [0.29, 0.717) is 11.5 Å². The minimum Gasteiger partial charge on any atom is -0.497 e. The van der Waals surface area contributed by atoms with Gasteiger partial charge in [-0.3, -0.25) is 0 Å². The lowest BCUT2D eigenvalue weighted by Crippen LogP contribution is -2.01. The Labute approximate surface area is 170 Å². The number of hydrogen-bond acceptors (Lipinski definition) is 4. The van der Waals surface area contributed by atoms with E-state index in [1.54, 1.807) is 55.6 Å². The van der Waals surface area contributed by atoms with Gasteiger partial charge in [-0.05, 0) is 78.4 Å². The average Bonchev–Trinajstić information content (AvgIpc) is 2.74. The lowest BCUT2D eigenvalue weighted by atomic mass is 10.1. The standard InChI is InChI=1S/C24H20O4S/c1-17-3-11-23(12-4-17)29(25,26)24-13-9-20(10-14-24)28-22-8-6-18-5-7-21(27-2)15-19(18)16-22/h3-16H,1-2H3. The van der Waals surface area contributed by atoms with Gasteiger partial charge in [0.15, 0.2) is 0 Å². The number of aryl methyl sites for hydroxylation is 1. The van der Waals surface area contributed by atoms with Crippen molar-refractivity contribution < 1.29 is 17.9 Å². The molecule has 0 saturated carbocycles. The highest BCUT2D eigenvalue weighted by atomic mass is 32.2. The molecule has 0 unspecified atom stereocenters. The van der Waals surface area contributed by atoms with Crippen molar-refractivity contribution in [2.75, 3.05) is 7.11 Å². The van der Waals surface area contributed by atoms with Gasteiger partial charge in [0.25, 0.3) is 0 Å². The Bertz CT molecular complexity index is 1260. The number of hydrogen-bond donors (Lipinski definition) is 0. The van der Waals surface area contributed by atoms with Gasteiger partial charge in [-0.15, -0.1) is 0 Å². The molecule has 4 aromatic rings. The summed E-state index contributed by atoms with van der Waals surface area (Å²) in [7, 11) is -1.92.